The van der Waals surface area contributed by atoms with Gasteiger partial charge in [-0.05, 0) is 49.1 Å². The summed E-state index contributed by atoms with van der Waals surface area (Å²) in [5.41, 5.74) is 3.39. The number of rotatable bonds is 4. The number of nitrogens with zero attached hydrogens (tertiary/aromatic N) is 2. The van der Waals surface area contributed by atoms with E-state index in [1.165, 1.54) is 13.2 Å². The van der Waals surface area contributed by atoms with E-state index in [1.54, 1.807) is 24.5 Å². The number of hydrogen-bond acceptors (Lipinski definition) is 4. The van der Waals surface area contributed by atoms with Gasteiger partial charge in [0.05, 0.1) is 24.0 Å². The van der Waals surface area contributed by atoms with E-state index in [4.69, 9.17) is 4.74 Å². The van der Waals surface area contributed by atoms with Crippen molar-refractivity contribution in [1.82, 2.24) is 14.9 Å². The van der Waals surface area contributed by atoms with E-state index >= 15 is 0 Å². The summed E-state index contributed by atoms with van der Waals surface area (Å²) in [6.07, 6.45) is 8.66. The molecule has 1 aliphatic carbocycles. The number of methoxy groups -OCH3 is 1. The molecule has 1 aliphatic heterocycles. The van der Waals surface area contributed by atoms with Crippen LogP contribution in [0.4, 0.5) is 15.8 Å². The molecule has 5 rings (SSSR count). The van der Waals surface area contributed by atoms with Crippen LogP contribution in [0.1, 0.15) is 29.8 Å². The van der Waals surface area contributed by atoms with E-state index in [0.717, 1.165) is 30.4 Å². The van der Waals surface area contributed by atoms with Crippen LogP contribution in [0.2, 0.25) is 0 Å². The lowest BCUT2D eigenvalue weighted by Gasteiger charge is -2.46. The van der Waals surface area contributed by atoms with Crippen LogP contribution in [0.25, 0.3) is 11.1 Å². The number of ether oxygens (including phenoxy) is 1. The summed E-state index contributed by atoms with van der Waals surface area (Å²) in [6, 6.07) is 8.50. The summed E-state index contributed by atoms with van der Waals surface area (Å²) in [6.45, 7) is 0.631. The highest BCUT2D eigenvalue weighted by Crippen LogP contribution is 2.47. The summed E-state index contributed by atoms with van der Waals surface area (Å²) >= 11 is 0. The van der Waals surface area contributed by atoms with E-state index in [2.05, 4.69) is 20.2 Å². The number of nitrogens with one attached hydrogen (secondary N) is 2. The summed E-state index contributed by atoms with van der Waals surface area (Å²) in [7, 11) is 1.43. The van der Waals surface area contributed by atoms with Crippen molar-refractivity contribution in [1.29, 1.82) is 0 Å². The number of para-hydroxylation sites is 1. The minimum Gasteiger partial charge on any atom is -0.492 e. The predicted octanol–water partition coefficient (Wildman–Crippen LogP) is 4.06. The van der Waals surface area contributed by atoms with Crippen LogP contribution in [0.15, 0.2) is 48.9 Å². The topological polar surface area (TPSA) is 68.2 Å². The minimum atomic E-state index is -0.462. The molecule has 0 saturated heterocycles. The van der Waals surface area contributed by atoms with Gasteiger partial charge in [-0.25, -0.2) is 4.39 Å². The Kier molecular flexibility index (Phi) is 4.04. The molecule has 0 unspecified atom stereocenters. The van der Waals surface area contributed by atoms with Gasteiger partial charge in [0.2, 0.25) is 0 Å². The Labute approximate surface area is 167 Å². The molecule has 2 aliphatic rings. The van der Waals surface area contributed by atoms with Gasteiger partial charge in [-0.1, -0.05) is 6.07 Å². The Morgan fingerprint density at radius 2 is 2.03 bits per heavy atom. The third-order valence-corrected chi connectivity index (χ3v) is 6.02. The Morgan fingerprint density at radius 3 is 2.72 bits per heavy atom. The van der Waals surface area contributed by atoms with Crippen molar-refractivity contribution in [2.45, 2.75) is 24.8 Å². The number of fused-ring (bicyclic) bond motifs is 2. The van der Waals surface area contributed by atoms with Crippen molar-refractivity contribution in [2.24, 2.45) is 0 Å². The molecule has 3 heterocycles. The van der Waals surface area contributed by atoms with E-state index in [0.29, 0.717) is 23.6 Å². The summed E-state index contributed by atoms with van der Waals surface area (Å²) in [5, 5.41) is 6.33. The van der Waals surface area contributed by atoms with Crippen LogP contribution in [-0.2, 0) is 5.54 Å². The Morgan fingerprint density at radius 1 is 1.24 bits per heavy atom. The number of halogens is 1. The summed E-state index contributed by atoms with van der Waals surface area (Å²) < 4.78 is 21.6. The van der Waals surface area contributed by atoms with E-state index < -0.39 is 5.82 Å². The van der Waals surface area contributed by atoms with Gasteiger partial charge < -0.3 is 19.9 Å². The van der Waals surface area contributed by atoms with Crippen molar-refractivity contribution in [3.63, 3.8) is 0 Å². The lowest BCUT2D eigenvalue weighted by molar-refractivity contribution is 0.0751. The van der Waals surface area contributed by atoms with Crippen molar-refractivity contribution >= 4 is 17.3 Å². The van der Waals surface area contributed by atoms with Gasteiger partial charge in [0, 0.05) is 30.7 Å². The number of aromatic nitrogens is 2. The smallest absolute Gasteiger partial charge is 0.270 e. The number of carbonyl (C=O) groups excluding carboxylic acids is 1. The maximum absolute atomic E-state index is 14.2. The highest BCUT2D eigenvalue weighted by molar-refractivity contribution is 6.04. The molecule has 1 spiro atoms. The molecule has 2 aromatic heterocycles. The number of pyridine rings is 1. The molecule has 0 atom stereocenters. The first-order valence-corrected chi connectivity index (χ1v) is 9.67. The van der Waals surface area contributed by atoms with Gasteiger partial charge in [0.1, 0.15) is 5.69 Å². The summed E-state index contributed by atoms with van der Waals surface area (Å²) in [4.78, 5) is 17.0. The normalized spacial score (nSPS) is 16.7. The Bertz CT molecular complexity index is 1090. The lowest BCUT2D eigenvalue weighted by atomic mass is 9.75. The molecule has 1 amide bonds. The predicted molar refractivity (Wildman–Crippen MR) is 108 cm³/mol. The van der Waals surface area contributed by atoms with Gasteiger partial charge in [0.25, 0.3) is 5.91 Å². The lowest BCUT2D eigenvalue weighted by Crippen LogP contribution is -2.55. The molecule has 6 nitrogen and oxygen atoms in total. The molecule has 148 valence electrons. The van der Waals surface area contributed by atoms with Crippen LogP contribution in [0.5, 0.6) is 5.75 Å². The van der Waals surface area contributed by atoms with Gasteiger partial charge >= 0.3 is 0 Å². The van der Waals surface area contributed by atoms with E-state index in [-0.39, 0.29) is 17.2 Å². The van der Waals surface area contributed by atoms with Crippen LogP contribution >= 0.6 is 0 Å². The SMILES string of the molecule is COc1c(F)cccc1Nc1c(-c2ccncc2)cn2c1C(=O)NCC21CCC1. The molecule has 1 saturated carbocycles. The molecule has 29 heavy (non-hydrogen) atoms. The fourth-order valence-corrected chi connectivity index (χ4v) is 4.35. The number of anilines is 2. The highest BCUT2D eigenvalue weighted by atomic mass is 19.1. The van der Waals surface area contributed by atoms with Crippen LogP contribution < -0.4 is 15.4 Å². The van der Waals surface area contributed by atoms with Gasteiger partial charge in [-0.15, -0.1) is 0 Å². The van der Waals surface area contributed by atoms with E-state index in [9.17, 15) is 9.18 Å². The number of benzene rings is 1. The van der Waals surface area contributed by atoms with Crippen molar-refractivity contribution in [3.8, 4) is 16.9 Å². The van der Waals surface area contributed by atoms with Crippen LogP contribution in [0.3, 0.4) is 0 Å². The van der Waals surface area contributed by atoms with Gasteiger partial charge in [-0.3, -0.25) is 9.78 Å². The third kappa shape index (κ3) is 2.68. The molecule has 0 bridgehead atoms. The average Bonchev–Trinajstić information content (AvgIpc) is 3.08. The Balaban J connectivity index is 1.72. The number of carbonyl (C=O) groups is 1. The largest absolute Gasteiger partial charge is 0.492 e. The first-order chi connectivity index (χ1) is 14.1. The van der Waals surface area contributed by atoms with E-state index in [1.807, 2.05) is 18.3 Å². The second-order valence-corrected chi connectivity index (χ2v) is 7.58. The number of amides is 1. The molecular formula is C22H21FN4O2. The van der Waals surface area contributed by atoms with Gasteiger partial charge in [0.15, 0.2) is 11.6 Å². The summed E-state index contributed by atoms with van der Waals surface area (Å²) in [5.74, 6) is -0.487. The second-order valence-electron chi connectivity index (χ2n) is 7.58. The van der Waals surface area contributed by atoms with Gasteiger partial charge in [-0.2, -0.15) is 0 Å². The zero-order valence-electron chi connectivity index (χ0n) is 16.0. The van der Waals surface area contributed by atoms with Crippen molar-refractivity contribution in [3.05, 3.63) is 60.4 Å². The highest BCUT2D eigenvalue weighted by Gasteiger charge is 2.45. The second kappa shape index (κ2) is 6.62. The molecule has 0 radical (unpaired) electrons. The maximum atomic E-state index is 14.2. The fourth-order valence-electron chi connectivity index (χ4n) is 4.35. The average molecular weight is 392 g/mol. The molecule has 7 heteroatoms. The zero-order chi connectivity index (χ0) is 20.0. The molecule has 3 aromatic rings. The van der Waals surface area contributed by atoms with Crippen molar-refractivity contribution < 1.29 is 13.9 Å². The molecular weight excluding hydrogens is 371 g/mol. The van der Waals surface area contributed by atoms with Crippen LogP contribution in [0, 0.1) is 5.82 Å². The minimum absolute atomic E-state index is 0.0863. The maximum Gasteiger partial charge on any atom is 0.270 e. The first kappa shape index (κ1) is 17.7. The quantitative estimate of drug-likeness (QED) is 0.703. The first-order valence-electron chi connectivity index (χ1n) is 9.67. The zero-order valence-corrected chi connectivity index (χ0v) is 16.0. The van der Waals surface area contributed by atoms with Crippen LogP contribution in [-0.4, -0.2) is 29.1 Å². The molecule has 1 aromatic carbocycles. The fraction of sp³-hybridized carbons (Fsp3) is 0.273. The number of hydrogen-bond donors (Lipinski definition) is 2. The molecule has 1 fully saturated rings. The van der Waals surface area contributed by atoms with Crippen molar-refractivity contribution in [2.75, 3.05) is 19.0 Å². The third-order valence-electron chi connectivity index (χ3n) is 6.02. The monoisotopic (exact) mass is 392 g/mol. The standard InChI is InChI=1S/C22H21FN4O2/c1-29-20-16(23)4-2-5-17(20)26-18-15(14-6-10-24-11-7-14)12-27-19(18)21(28)25-13-22(27)8-3-9-22/h2,4-7,10-12,26H,3,8-9,13H2,1H3,(H,25,28). The Hall–Kier alpha value is -3.35. The molecule has 2 N–H and O–H groups in total.